The molecule has 1 aromatic carbocycles. The van der Waals surface area contributed by atoms with Gasteiger partial charge in [0, 0.05) is 11.8 Å². The molecule has 0 bridgehead atoms. The summed E-state index contributed by atoms with van der Waals surface area (Å²) >= 11 is 1.49. The van der Waals surface area contributed by atoms with Gasteiger partial charge in [-0.3, -0.25) is 5.32 Å². The fraction of sp³-hybridized carbons (Fsp3) is 0.385. The number of nitriles is 1. The zero-order valence-electron chi connectivity index (χ0n) is 10.8. The van der Waals surface area contributed by atoms with Gasteiger partial charge in [0.2, 0.25) is 5.16 Å². The van der Waals surface area contributed by atoms with Crippen molar-refractivity contribution in [3.8, 4) is 11.8 Å². The number of thioether (sulfide) groups is 1. The van der Waals surface area contributed by atoms with E-state index in [4.69, 9.17) is 5.26 Å². The molecule has 1 atom stereocenters. The predicted octanol–water partition coefficient (Wildman–Crippen LogP) is 1.40. The fourth-order valence-electron chi connectivity index (χ4n) is 1.82. The second kappa shape index (κ2) is 6.03. The third-order valence-electron chi connectivity index (χ3n) is 2.99. The van der Waals surface area contributed by atoms with Gasteiger partial charge in [0.1, 0.15) is 6.04 Å². The van der Waals surface area contributed by atoms with Gasteiger partial charge in [0.25, 0.3) is 0 Å². The Hall–Kier alpha value is -1.91. The highest BCUT2D eigenvalue weighted by molar-refractivity contribution is 7.99. The summed E-state index contributed by atoms with van der Waals surface area (Å²) in [7, 11) is 0. The van der Waals surface area contributed by atoms with Crippen molar-refractivity contribution in [2.24, 2.45) is 0 Å². The van der Waals surface area contributed by atoms with Crippen molar-refractivity contribution in [2.45, 2.75) is 30.1 Å². The molecule has 1 aliphatic rings. The first-order valence-electron chi connectivity index (χ1n) is 6.49. The number of para-hydroxylation sites is 1. The van der Waals surface area contributed by atoms with Crippen LogP contribution < -0.4 is 5.32 Å². The molecule has 1 N–H and O–H groups in total. The van der Waals surface area contributed by atoms with Gasteiger partial charge in [-0.2, -0.15) is 9.94 Å². The molecule has 1 heterocycles. The molecular weight excluding hydrogens is 272 g/mol. The minimum atomic E-state index is -0.159. The number of hydrogen-bond acceptors (Lipinski definition) is 6. The number of hydrogen-bond donors (Lipinski definition) is 1. The maximum absolute atomic E-state index is 9.13. The number of aromatic nitrogens is 4. The van der Waals surface area contributed by atoms with Crippen molar-refractivity contribution >= 4 is 11.8 Å². The standard InChI is InChI=1S/C13H14N6S/c14-8-11(15-10-6-7-10)9-20-13-16-17-18-19(13)12-4-2-1-3-5-12/h1-5,10-11,15H,6-7,9H2. The van der Waals surface area contributed by atoms with Crippen molar-refractivity contribution in [1.29, 1.82) is 5.26 Å². The van der Waals surface area contributed by atoms with E-state index in [-0.39, 0.29) is 6.04 Å². The van der Waals surface area contributed by atoms with Crippen LogP contribution in [0.4, 0.5) is 0 Å². The van der Waals surface area contributed by atoms with Gasteiger partial charge in [0.15, 0.2) is 0 Å². The summed E-state index contributed by atoms with van der Waals surface area (Å²) in [5.74, 6) is 0.639. The van der Waals surface area contributed by atoms with Crippen LogP contribution in [0.15, 0.2) is 35.5 Å². The van der Waals surface area contributed by atoms with Gasteiger partial charge in [-0.1, -0.05) is 30.0 Å². The Bertz CT molecular complexity index is 601. The van der Waals surface area contributed by atoms with Gasteiger partial charge in [-0.15, -0.1) is 5.10 Å². The Labute approximate surface area is 121 Å². The molecule has 3 rings (SSSR count). The molecule has 6 nitrogen and oxygen atoms in total. The number of rotatable bonds is 6. The normalized spacial score (nSPS) is 15.8. The highest BCUT2D eigenvalue weighted by atomic mass is 32.2. The van der Waals surface area contributed by atoms with Crippen LogP contribution in [-0.4, -0.2) is 38.0 Å². The van der Waals surface area contributed by atoms with Crippen molar-refractivity contribution in [2.75, 3.05) is 5.75 Å². The van der Waals surface area contributed by atoms with Crippen molar-refractivity contribution in [3.63, 3.8) is 0 Å². The first-order valence-corrected chi connectivity index (χ1v) is 7.47. The summed E-state index contributed by atoms with van der Waals surface area (Å²) < 4.78 is 1.69. The Balaban J connectivity index is 1.66. The van der Waals surface area contributed by atoms with Crippen LogP contribution in [0.1, 0.15) is 12.8 Å². The first-order chi connectivity index (χ1) is 9.86. The molecule has 1 fully saturated rings. The van der Waals surface area contributed by atoms with Crippen molar-refractivity contribution in [3.05, 3.63) is 30.3 Å². The topological polar surface area (TPSA) is 79.4 Å². The van der Waals surface area contributed by atoms with Crippen LogP contribution in [0, 0.1) is 11.3 Å². The van der Waals surface area contributed by atoms with Crippen LogP contribution in [0.5, 0.6) is 0 Å². The average Bonchev–Trinajstić information content (AvgIpc) is 3.19. The monoisotopic (exact) mass is 286 g/mol. The van der Waals surface area contributed by atoms with E-state index >= 15 is 0 Å². The maximum atomic E-state index is 9.13. The van der Waals surface area contributed by atoms with E-state index in [0.717, 1.165) is 5.69 Å². The third kappa shape index (κ3) is 3.15. The quantitative estimate of drug-likeness (QED) is 0.809. The average molecular weight is 286 g/mol. The number of tetrazole rings is 1. The van der Waals surface area contributed by atoms with Gasteiger partial charge < -0.3 is 0 Å². The highest BCUT2D eigenvalue weighted by Crippen LogP contribution is 2.22. The minimum Gasteiger partial charge on any atom is -0.298 e. The van der Waals surface area contributed by atoms with Crippen LogP contribution in [0.2, 0.25) is 0 Å². The Morgan fingerprint density at radius 1 is 1.40 bits per heavy atom. The zero-order chi connectivity index (χ0) is 13.8. The van der Waals surface area contributed by atoms with E-state index in [1.165, 1.54) is 24.6 Å². The molecule has 1 aromatic heterocycles. The largest absolute Gasteiger partial charge is 0.298 e. The van der Waals surface area contributed by atoms with E-state index in [1.807, 2.05) is 30.3 Å². The highest BCUT2D eigenvalue weighted by Gasteiger charge is 2.24. The summed E-state index contributed by atoms with van der Waals surface area (Å²) in [6.07, 6.45) is 2.34. The summed E-state index contributed by atoms with van der Waals surface area (Å²) in [6.45, 7) is 0. The molecule has 1 aliphatic carbocycles. The number of nitrogens with zero attached hydrogens (tertiary/aromatic N) is 5. The Morgan fingerprint density at radius 2 is 2.20 bits per heavy atom. The molecule has 0 saturated heterocycles. The second-order valence-electron chi connectivity index (χ2n) is 4.64. The maximum Gasteiger partial charge on any atom is 0.214 e. The zero-order valence-corrected chi connectivity index (χ0v) is 11.6. The molecule has 0 aliphatic heterocycles. The van der Waals surface area contributed by atoms with E-state index in [0.29, 0.717) is 17.0 Å². The molecule has 1 unspecified atom stereocenters. The molecular formula is C13H14N6S. The van der Waals surface area contributed by atoms with Gasteiger partial charge in [-0.05, 0) is 35.4 Å². The summed E-state index contributed by atoms with van der Waals surface area (Å²) in [5, 5.41) is 24.9. The Morgan fingerprint density at radius 3 is 2.90 bits per heavy atom. The molecule has 0 amide bonds. The van der Waals surface area contributed by atoms with E-state index in [1.54, 1.807) is 4.68 Å². The lowest BCUT2D eigenvalue weighted by Gasteiger charge is -2.09. The summed E-state index contributed by atoms with van der Waals surface area (Å²) in [4.78, 5) is 0. The molecule has 0 spiro atoms. The van der Waals surface area contributed by atoms with Gasteiger partial charge >= 0.3 is 0 Å². The van der Waals surface area contributed by atoms with Crippen molar-refractivity contribution in [1.82, 2.24) is 25.5 Å². The smallest absolute Gasteiger partial charge is 0.214 e. The predicted molar refractivity (Wildman–Crippen MR) is 75.4 cm³/mol. The SMILES string of the molecule is N#CC(CSc1nnnn1-c1ccccc1)NC1CC1. The first kappa shape index (κ1) is 13.1. The van der Waals surface area contributed by atoms with E-state index in [2.05, 4.69) is 26.9 Å². The lowest BCUT2D eigenvalue weighted by atomic mass is 10.3. The van der Waals surface area contributed by atoms with Crippen LogP contribution in [0.3, 0.4) is 0 Å². The lowest BCUT2D eigenvalue weighted by molar-refractivity contribution is 0.643. The molecule has 102 valence electrons. The van der Waals surface area contributed by atoms with Crippen molar-refractivity contribution < 1.29 is 0 Å². The van der Waals surface area contributed by atoms with Crippen LogP contribution in [0.25, 0.3) is 5.69 Å². The number of nitrogens with one attached hydrogen (secondary N) is 1. The molecule has 20 heavy (non-hydrogen) atoms. The molecule has 2 aromatic rings. The molecule has 7 heteroatoms. The molecule has 1 saturated carbocycles. The summed E-state index contributed by atoms with van der Waals surface area (Å²) in [5.41, 5.74) is 0.920. The van der Waals surface area contributed by atoms with Crippen LogP contribution in [-0.2, 0) is 0 Å². The Kier molecular flexibility index (Phi) is 3.95. The van der Waals surface area contributed by atoms with Gasteiger partial charge in [0.05, 0.1) is 11.8 Å². The second-order valence-corrected chi connectivity index (χ2v) is 5.63. The van der Waals surface area contributed by atoms with E-state index in [9.17, 15) is 0 Å². The molecule has 0 radical (unpaired) electrons. The minimum absolute atomic E-state index is 0.159. The summed E-state index contributed by atoms with van der Waals surface area (Å²) in [6, 6.07) is 12.4. The number of benzene rings is 1. The van der Waals surface area contributed by atoms with Gasteiger partial charge in [-0.25, -0.2) is 0 Å². The fourth-order valence-corrected chi connectivity index (χ4v) is 2.66. The lowest BCUT2D eigenvalue weighted by Crippen LogP contribution is -2.31. The van der Waals surface area contributed by atoms with Crippen LogP contribution >= 0.6 is 11.8 Å². The van der Waals surface area contributed by atoms with E-state index < -0.39 is 0 Å². The third-order valence-corrected chi connectivity index (χ3v) is 4.00.